The second-order valence-electron chi connectivity index (χ2n) is 7.29. The first-order valence-corrected chi connectivity index (χ1v) is 11.5. The van der Waals surface area contributed by atoms with Crippen molar-refractivity contribution in [3.8, 4) is 0 Å². The van der Waals surface area contributed by atoms with Gasteiger partial charge in [0.05, 0.1) is 21.8 Å². The van der Waals surface area contributed by atoms with Gasteiger partial charge in [-0.3, -0.25) is 0 Å². The van der Waals surface area contributed by atoms with Gasteiger partial charge in [0.25, 0.3) is 0 Å². The summed E-state index contributed by atoms with van der Waals surface area (Å²) < 4.78 is 67.8. The zero-order valence-electron chi connectivity index (χ0n) is 16.8. The minimum Gasteiger partial charge on any atom is -0.358 e. The molecule has 0 radical (unpaired) electrons. The average molecular weight is 486 g/mol. The summed E-state index contributed by atoms with van der Waals surface area (Å²) in [5.74, 6) is 0.292. The Morgan fingerprint density at radius 3 is 2.66 bits per heavy atom. The predicted octanol–water partition coefficient (Wildman–Crippen LogP) is 4.47. The minimum atomic E-state index is -4.42. The maximum Gasteiger partial charge on any atom is 0.408 e. The predicted molar refractivity (Wildman–Crippen MR) is 117 cm³/mol. The van der Waals surface area contributed by atoms with Gasteiger partial charge >= 0.3 is 6.18 Å². The highest BCUT2D eigenvalue weighted by Crippen LogP contribution is 2.41. The fraction of sp³-hybridized carbons (Fsp3) is 0.300. The van der Waals surface area contributed by atoms with Gasteiger partial charge in [0.15, 0.2) is 0 Å². The molecule has 2 aromatic carbocycles. The molecule has 1 aliphatic heterocycles. The van der Waals surface area contributed by atoms with Crippen molar-refractivity contribution in [2.45, 2.75) is 30.0 Å². The van der Waals surface area contributed by atoms with E-state index in [1.165, 1.54) is 36.5 Å². The Morgan fingerprint density at radius 1 is 1.16 bits per heavy atom. The van der Waals surface area contributed by atoms with Crippen LogP contribution in [0.4, 0.5) is 30.4 Å². The van der Waals surface area contributed by atoms with Crippen molar-refractivity contribution in [2.75, 3.05) is 23.8 Å². The van der Waals surface area contributed by atoms with Gasteiger partial charge in [-0.2, -0.15) is 13.2 Å². The molecule has 0 bridgehead atoms. The van der Waals surface area contributed by atoms with Crippen LogP contribution in [-0.4, -0.2) is 44.2 Å². The van der Waals surface area contributed by atoms with Crippen molar-refractivity contribution in [1.29, 1.82) is 0 Å². The van der Waals surface area contributed by atoms with Crippen molar-refractivity contribution >= 4 is 49.7 Å². The largest absolute Gasteiger partial charge is 0.408 e. The van der Waals surface area contributed by atoms with Gasteiger partial charge in [-0.25, -0.2) is 23.1 Å². The monoisotopic (exact) mass is 485 g/mol. The molecule has 1 saturated heterocycles. The van der Waals surface area contributed by atoms with Crippen LogP contribution in [0.25, 0.3) is 10.9 Å². The van der Waals surface area contributed by atoms with E-state index >= 15 is 0 Å². The molecular weight excluding hydrogens is 467 g/mol. The van der Waals surface area contributed by atoms with Crippen molar-refractivity contribution < 1.29 is 21.6 Å². The highest BCUT2D eigenvalue weighted by atomic mass is 35.5. The molecular formula is C20H19ClF3N5O2S. The van der Waals surface area contributed by atoms with Crippen LogP contribution in [0.5, 0.6) is 0 Å². The molecule has 1 fully saturated rings. The summed E-state index contributed by atoms with van der Waals surface area (Å²) in [4.78, 5) is 9.52. The first-order valence-electron chi connectivity index (χ1n) is 9.68. The van der Waals surface area contributed by atoms with Crippen LogP contribution in [-0.2, 0) is 10.0 Å². The highest BCUT2D eigenvalue weighted by molar-refractivity contribution is 7.89. The Bertz CT molecular complexity index is 1270. The topological polar surface area (TPSA) is 87.2 Å². The van der Waals surface area contributed by atoms with Crippen molar-refractivity contribution in [3.63, 3.8) is 0 Å². The normalized spacial score (nSPS) is 17.2. The minimum absolute atomic E-state index is 0.0362. The number of sulfonamides is 1. The summed E-state index contributed by atoms with van der Waals surface area (Å²) >= 11 is 6.10. The smallest absolute Gasteiger partial charge is 0.358 e. The van der Waals surface area contributed by atoms with Crippen LogP contribution in [0.1, 0.15) is 12.8 Å². The molecule has 3 aromatic rings. The van der Waals surface area contributed by atoms with E-state index < -0.39 is 22.2 Å². The molecule has 2 N–H and O–H groups in total. The molecule has 0 amide bonds. The number of halogens is 4. The Kier molecular flexibility index (Phi) is 5.91. The number of nitrogens with zero attached hydrogens (tertiary/aromatic N) is 3. The Balaban J connectivity index is 1.86. The average Bonchev–Trinajstić information content (AvgIpc) is 3.24. The molecule has 170 valence electrons. The lowest BCUT2D eigenvalue weighted by Gasteiger charge is -2.30. The maximum atomic E-state index is 13.6. The molecule has 12 heteroatoms. The van der Waals surface area contributed by atoms with E-state index in [4.69, 9.17) is 11.6 Å². The third-order valence-electron chi connectivity index (χ3n) is 5.34. The molecule has 4 rings (SSSR count). The zero-order valence-corrected chi connectivity index (χ0v) is 18.4. The zero-order chi connectivity index (χ0) is 23.1. The van der Waals surface area contributed by atoms with E-state index in [1.54, 1.807) is 18.2 Å². The fourth-order valence-corrected chi connectivity index (χ4v) is 4.73. The van der Waals surface area contributed by atoms with Crippen LogP contribution in [0.2, 0.25) is 5.02 Å². The Labute approximate surface area is 187 Å². The number of aromatic nitrogens is 2. The van der Waals surface area contributed by atoms with Gasteiger partial charge in [-0.1, -0.05) is 11.6 Å². The second kappa shape index (κ2) is 8.38. The fourth-order valence-electron chi connectivity index (χ4n) is 3.80. The van der Waals surface area contributed by atoms with E-state index in [9.17, 15) is 21.6 Å². The molecule has 0 saturated carbocycles. The molecule has 1 aliphatic rings. The SMILES string of the molecule is CNS(=O)(=O)c1ccc(N2CCC[C@@H]2C(F)(F)F)c(Nc2ncnc3ccc(Cl)cc23)c1. The van der Waals surface area contributed by atoms with E-state index in [1.807, 2.05) is 0 Å². The summed E-state index contributed by atoms with van der Waals surface area (Å²) in [6.45, 7) is 0.188. The van der Waals surface area contributed by atoms with Crippen LogP contribution < -0.4 is 14.9 Å². The molecule has 32 heavy (non-hydrogen) atoms. The molecule has 2 heterocycles. The van der Waals surface area contributed by atoms with E-state index in [0.717, 1.165) is 0 Å². The molecule has 0 unspecified atom stereocenters. The Hall–Kier alpha value is -2.63. The number of fused-ring (bicyclic) bond motifs is 1. The van der Waals surface area contributed by atoms with E-state index in [0.29, 0.717) is 28.2 Å². The quantitative estimate of drug-likeness (QED) is 0.554. The first kappa shape index (κ1) is 22.6. The van der Waals surface area contributed by atoms with Gasteiger partial charge in [-0.05, 0) is 56.3 Å². The van der Waals surface area contributed by atoms with Gasteiger partial charge in [0.1, 0.15) is 18.2 Å². The highest BCUT2D eigenvalue weighted by Gasteiger charge is 2.46. The molecule has 1 aromatic heterocycles. The van der Waals surface area contributed by atoms with E-state index in [-0.39, 0.29) is 29.2 Å². The summed E-state index contributed by atoms with van der Waals surface area (Å²) in [6.07, 6.45) is -2.78. The Morgan fingerprint density at radius 2 is 1.94 bits per heavy atom. The van der Waals surface area contributed by atoms with Gasteiger partial charge in [-0.15, -0.1) is 0 Å². The van der Waals surface area contributed by atoms with Crippen molar-refractivity contribution in [3.05, 3.63) is 47.7 Å². The number of hydrogen-bond acceptors (Lipinski definition) is 6. The standard InChI is InChI=1S/C20H19ClF3N5O2S/c1-25-32(30,31)13-5-7-17(29-8-2-3-18(29)20(22,23)24)16(10-13)28-19-14-9-12(21)4-6-15(14)26-11-27-19/h4-7,9-11,18,25H,2-3,8H2,1H3,(H,26,27,28)/t18-/m1/s1. The van der Waals surface area contributed by atoms with Gasteiger partial charge in [0, 0.05) is 17.0 Å². The first-order chi connectivity index (χ1) is 15.1. The lowest BCUT2D eigenvalue weighted by atomic mass is 10.1. The lowest BCUT2D eigenvalue weighted by Crippen LogP contribution is -2.41. The molecule has 1 atom stereocenters. The maximum absolute atomic E-state index is 13.6. The van der Waals surface area contributed by atoms with Crippen LogP contribution >= 0.6 is 11.6 Å². The molecule has 7 nitrogen and oxygen atoms in total. The lowest BCUT2D eigenvalue weighted by molar-refractivity contribution is -0.145. The number of hydrogen-bond donors (Lipinski definition) is 2. The number of benzene rings is 2. The number of rotatable bonds is 5. The molecule has 0 aliphatic carbocycles. The van der Waals surface area contributed by atoms with Crippen molar-refractivity contribution in [1.82, 2.24) is 14.7 Å². The van der Waals surface area contributed by atoms with E-state index in [2.05, 4.69) is 20.0 Å². The van der Waals surface area contributed by atoms with Crippen LogP contribution in [0.3, 0.4) is 0 Å². The summed E-state index contributed by atoms with van der Waals surface area (Å²) in [7, 11) is -2.57. The van der Waals surface area contributed by atoms with Gasteiger partial charge in [0.2, 0.25) is 10.0 Å². The summed E-state index contributed by atoms with van der Waals surface area (Å²) in [5.41, 5.74) is 0.980. The number of nitrogens with one attached hydrogen (secondary N) is 2. The summed E-state index contributed by atoms with van der Waals surface area (Å²) in [6, 6.07) is 7.27. The van der Waals surface area contributed by atoms with Gasteiger partial charge < -0.3 is 10.2 Å². The third kappa shape index (κ3) is 4.32. The van der Waals surface area contributed by atoms with Crippen LogP contribution in [0.15, 0.2) is 47.6 Å². The van der Waals surface area contributed by atoms with Crippen molar-refractivity contribution in [2.24, 2.45) is 0 Å². The van der Waals surface area contributed by atoms with Crippen LogP contribution in [0, 0.1) is 0 Å². The molecule has 0 spiro atoms. The number of alkyl halides is 3. The number of anilines is 3. The summed E-state index contributed by atoms with van der Waals surface area (Å²) in [5, 5.41) is 3.99. The second-order valence-corrected chi connectivity index (χ2v) is 9.61. The third-order valence-corrected chi connectivity index (χ3v) is 6.98.